The molecule has 114 valence electrons. The molecular weight excluding hydrogens is 326 g/mol. The SMILES string of the molecule is CN(CCS(C)(=O)=O)S(=O)(=O)c1ccc(Cl)c(CO)c1. The Hall–Kier alpha value is -0.670. The van der Waals surface area contributed by atoms with Crippen molar-refractivity contribution in [2.75, 3.05) is 25.6 Å². The summed E-state index contributed by atoms with van der Waals surface area (Å²) in [5.74, 6) is -0.261. The van der Waals surface area contributed by atoms with Gasteiger partial charge in [-0.2, -0.15) is 4.31 Å². The van der Waals surface area contributed by atoms with Gasteiger partial charge in [0.1, 0.15) is 9.84 Å². The molecule has 1 N–H and O–H groups in total. The lowest BCUT2D eigenvalue weighted by Crippen LogP contribution is -2.31. The van der Waals surface area contributed by atoms with E-state index in [2.05, 4.69) is 0 Å². The molecule has 0 spiro atoms. The Morgan fingerprint density at radius 2 is 1.85 bits per heavy atom. The fourth-order valence-corrected chi connectivity index (χ4v) is 3.55. The lowest BCUT2D eigenvalue weighted by molar-refractivity contribution is 0.281. The van der Waals surface area contributed by atoms with Crippen LogP contribution in [0.15, 0.2) is 23.1 Å². The van der Waals surface area contributed by atoms with Crippen molar-refractivity contribution in [2.24, 2.45) is 0 Å². The number of hydrogen-bond acceptors (Lipinski definition) is 5. The standard InChI is InChI=1S/C11H16ClNO5S2/c1-13(5-6-19(2,15)16)20(17,18)10-3-4-11(12)9(7-10)8-14/h3-4,7,14H,5-6,8H2,1-2H3. The Labute approximate surface area is 123 Å². The van der Waals surface area contributed by atoms with Gasteiger partial charge in [0, 0.05) is 24.9 Å². The molecule has 20 heavy (non-hydrogen) atoms. The van der Waals surface area contributed by atoms with Crippen LogP contribution in [0, 0.1) is 0 Å². The summed E-state index contributed by atoms with van der Waals surface area (Å²) in [6.07, 6.45) is 1.04. The first-order valence-corrected chi connectivity index (χ1v) is 9.49. The molecule has 1 rings (SSSR count). The van der Waals surface area contributed by atoms with Crippen molar-refractivity contribution >= 4 is 31.5 Å². The molecule has 0 heterocycles. The van der Waals surface area contributed by atoms with Crippen LogP contribution in [-0.4, -0.2) is 51.8 Å². The highest BCUT2D eigenvalue weighted by Crippen LogP contribution is 2.22. The summed E-state index contributed by atoms with van der Waals surface area (Å²) >= 11 is 5.80. The molecule has 1 aromatic rings. The van der Waals surface area contributed by atoms with Gasteiger partial charge in [0.2, 0.25) is 10.0 Å². The molecule has 0 aliphatic carbocycles. The van der Waals surface area contributed by atoms with Gasteiger partial charge in [-0.05, 0) is 23.8 Å². The molecule has 0 radical (unpaired) electrons. The van der Waals surface area contributed by atoms with Crippen molar-refractivity contribution < 1.29 is 21.9 Å². The van der Waals surface area contributed by atoms with E-state index >= 15 is 0 Å². The van der Waals surface area contributed by atoms with Crippen molar-refractivity contribution in [3.63, 3.8) is 0 Å². The average molecular weight is 342 g/mol. The highest BCUT2D eigenvalue weighted by atomic mass is 35.5. The zero-order valence-corrected chi connectivity index (χ0v) is 13.5. The van der Waals surface area contributed by atoms with Crippen LogP contribution in [-0.2, 0) is 26.5 Å². The predicted octanol–water partition coefficient (Wildman–Crippen LogP) is 0.497. The zero-order chi connectivity index (χ0) is 15.6. The molecule has 0 aliphatic heterocycles. The van der Waals surface area contributed by atoms with E-state index in [1.54, 1.807) is 0 Å². The second-order valence-corrected chi connectivity index (χ2v) is 9.08. The van der Waals surface area contributed by atoms with Crippen LogP contribution in [0.5, 0.6) is 0 Å². The maximum Gasteiger partial charge on any atom is 0.242 e. The molecule has 0 saturated heterocycles. The van der Waals surface area contributed by atoms with Crippen LogP contribution >= 0.6 is 11.6 Å². The van der Waals surface area contributed by atoms with Crippen LogP contribution in [0.1, 0.15) is 5.56 Å². The quantitative estimate of drug-likeness (QED) is 0.813. The van der Waals surface area contributed by atoms with E-state index in [4.69, 9.17) is 16.7 Å². The van der Waals surface area contributed by atoms with Gasteiger partial charge in [0.05, 0.1) is 17.3 Å². The van der Waals surface area contributed by atoms with Crippen molar-refractivity contribution in [1.29, 1.82) is 0 Å². The van der Waals surface area contributed by atoms with Crippen LogP contribution in [0.2, 0.25) is 5.02 Å². The highest BCUT2D eigenvalue weighted by Gasteiger charge is 2.22. The summed E-state index contributed by atoms with van der Waals surface area (Å²) < 4.78 is 47.6. The lowest BCUT2D eigenvalue weighted by Gasteiger charge is -2.17. The predicted molar refractivity (Wildman–Crippen MR) is 76.9 cm³/mol. The number of hydrogen-bond donors (Lipinski definition) is 1. The van der Waals surface area contributed by atoms with Crippen LogP contribution in [0.3, 0.4) is 0 Å². The molecule has 1 aromatic carbocycles. The Balaban J connectivity index is 3.04. The lowest BCUT2D eigenvalue weighted by atomic mass is 10.2. The largest absolute Gasteiger partial charge is 0.392 e. The first-order chi connectivity index (χ1) is 9.08. The average Bonchev–Trinajstić information content (AvgIpc) is 2.35. The molecule has 0 aliphatic rings. The summed E-state index contributed by atoms with van der Waals surface area (Å²) in [4.78, 5) is -0.0399. The molecular formula is C11H16ClNO5S2. The van der Waals surface area contributed by atoms with Crippen LogP contribution in [0.4, 0.5) is 0 Å². The van der Waals surface area contributed by atoms with Gasteiger partial charge in [-0.15, -0.1) is 0 Å². The van der Waals surface area contributed by atoms with E-state index in [0.29, 0.717) is 5.56 Å². The van der Waals surface area contributed by atoms with Gasteiger partial charge in [-0.1, -0.05) is 11.6 Å². The molecule has 9 heteroatoms. The van der Waals surface area contributed by atoms with Crippen molar-refractivity contribution in [2.45, 2.75) is 11.5 Å². The number of halogens is 1. The normalized spacial score (nSPS) is 12.8. The maximum atomic E-state index is 12.2. The Kier molecular flexibility index (Phi) is 5.56. The second kappa shape index (κ2) is 6.40. The molecule has 0 fully saturated rings. The number of sulfonamides is 1. The van der Waals surface area contributed by atoms with E-state index in [1.165, 1.54) is 25.2 Å². The van der Waals surface area contributed by atoms with Gasteiger partial charge in [0.25, 0.3) is 0 Å². The van der Waals surface area contributed by atoms with Gasteiger partial charge < -0.3 is 5.11 Å². The summed E-state index contributed by atoms with van der Waals surface area (Å²) in [7, 11) is -5.76. The van der Waals surface area contributed by atoms with Gasteiger partial charge in [-0.25, -0.2) is 16.8 Å². The minimum Gasteiger partial charge on any atom is -0.392 e. The first kappa shape index (κ1) is 17.4. The van der Waals surface area contributed by atoms with Gasteiger partial charge in [0.15, 0.2) is 0 Å². The monoisotopic (exact) mass is 341 g/mol. The van der Waals surface area contributed by atoms with E-state index in [0.717, 1.165) is 10.6 Å². The van der Waals surface area contributed by atoms with E-state index < -0.39 is 19.9 Å². The van der Waals surface area contributed by atoms with E-state index in [1.807, 2.05) is 0 Å². The summed E-state index contributed by atoms with van der Waals surface area (Å²) in [5, 5.41) is 9.35. The van der Waals surface area contributed by atoms with Crippen molar-refractivity contribution in [3.05, 3.63) is 28.8 Å². The van der Waals surface area contributed by atoms with E-state index in [9.17, 15) is 16.8 Å². The van der Waals surface area contributed by atoms with Gasteiger partial charge >= 0.3 is 0 Å². The maximum absolute atomic E-state index is 12.2. The minimum atomic E-state index is -3.81. The van der Waals surface area contributed by atoms with Crippen molar-refractivity contribution in [3.8, 4) is 0 Å². The van der Waals surface area contributed by atoms with Crippen LogP contribution in [0.25, 0.3) is 0 Å². The third-order valence-electron chi connectivity index (χ3n) is 2.67. The summed E-state index contributed by atoms with van der Waals surface area (Å²) in [6, 6.07) is 3.97. The first-order valence-electron chi connectivity index (χ1n) is 5.61. The molecule has 0 atom stereocenters. The Bertz CT molecular complexity index is 685. The number of rotatable bonds is 6. The molecule has 6 nitrogen and oxygen atoms in total. The Morgan fingerprint density at radius 3 is 2.35 bits per heavy atom. The number of aliphatic hydroxyl groups excluding tert-OH is 1. The highest BCUT2D eigenvalue weighted by molar-refractivity contribution is 7.91. The number of benzene rings is 1. The third kappa shape index (κ3) is 4.42. The molecule has 0 bridgehead atoms. The van der Waals surface area contributed by atoms with E-state index in [-0.39, 0.29) is 28.8 Å². The zero-order valence-electron chi connectivity index (χ0n) is 11.1. The molecule has 0 unspecified atom stereocenters. The minimum absolute atomic E-state index is 0.0399. The second-order valence-electron chi connectivity index (χ2n) is 4.37. The summed E-state index contributed by atoms with van der Waals surface area (Å²) in [5.41, 5.74) is 0.296. The topological polar surface area (TPSA) is 91.8 Å². The smallest absolute Gasteiger partial charge is 0.242 e. The summed E-state index contributed by atoms with van der Waals surface area (Å²) in [6.45, 7) is -0.520. The number of sulfone groups is 1. The fraction of sp³-hybridized carbons (Fsp3) is 0.455. The van der Waals surface area contributed by atoms with Crippen molar-refractivity contribution in [1.82, 2.24) is 4.31 Å². The van der Waals surface area contributed by atoms with Crippen LogP contribution < -0.4 is 0 Å². The molecule has 0 saturated carbocycles. The Morgan fingerprint density at radius 1 is 1.25 bits per heavy atom. The fourth-order valence-electron chi connectivity index (χ4n) is 1.43. The third-order valence-corrected chi connectivity index (χ3v) is 5.82. The van der Waals surface area contributed by atoms with Gasteiger partial charge in [-0.3, -0.25) is 0 Å². The molecule has 0 aromatic heterocycles. The molecule has 0 amide bonds. The number of aliphatic hydroxyl groups is 1. The number of nitrogens with zero attached hydrogens (tertiary/aromatic N) is 1.